The average Bonchev–Trinajstić information content (AvgIpc) is 1.69. The van der Waals surface area contributed by atoms with Gasteiger partial charge < -0.3 is 28.2 Å². The summed E-state index contributed by atoms with van der Waals surface area (Å²) in [4.78, 5) is 17.7. The van der Waals surface area contributed by atoms with Gasteiger partial charge in [0.2, 0.25) is 0 Å². The Morgan fingerprint density at radius 3 is 0.769 bits per heavy atom. The number of hydrogen-bond donors (Lipinski definition) is 2. The number of hydrogen-bond acceptors (Lipinski definition) is 14. The van der Waals surface area contributed by atoms with Crippen molar-refractivity contribution in [3.63, 3.8) is 0 Å². The maximum absolute atomic E-state index is 10.4. The number of H-pyrrole nitrogens is 2. The van der Waals surface area contributed by atoms with Gasteiger partial charge in [-0.2, -0.15) is 0 Å². The molecule has 13 rings (SSSR count). The lowest BCUT2D eigenvalue weighted by Crippen LogP contribution is -2.34. The third kappa shape index (κ3) is 22.0. The molecule has 0 spiro atoms. The summed E-state index contributed by atoms with van der Waals surface area (Å²) in [6.45, 7) is 7.28. The summed E-state index contributed by atoms with van der Waals surface area (Å²) in [5.74, 6) is 0. The zero-order valence-corrected chi connectivity index (χ0v) is 66.6. The van der Waals surface area contributed by atoms with Crippen LogP contribution in [0.15, 0.2) is 250 Å². The predicted molar refractivity (Wildman–Crippen MR) is 434 cm³/mol. The molecule has 0 aliphatic carbocycles. The zero-order valence-electron chi connectivity index (χ0n) is 63.3. The summed E-state index contributed by atoms with van der Waals surface area (Å²) in [6.07, 6.45) is 4.43. The van der Waals surface area contributed by atoms with E-state index in [-0.39, 0.29) is 19.6 Å². The highest BCUT2D eigenvalue weighted by atomic mass is 32.2. The minimum Gasteiger partial charge on any atom is -0.744 e. The topological polar surface area (TPSA) is 286 Å². The van der Waals surface area contributed by atoms with Crippen molar-refractivity contribution in [2.75, 3.05) is 84.6 Å². The van der Waals surface area contributed by atoms with E-state index in [1.54, 1.807) is 48.5 Å². The molecule has 2 aliphatic rings. The van der Waals surface area contributed by atoms with Crippen LogP contribution in [0.3, 0.4) is 0 Å². The van der Waals surface area contributed by atoms with Gasteiger partial charge in [0, 0.05) is 44.3 Å². The van der Waals surface area contributed by atoms with Gasteiger partial charge in [-0.1, -0.05) is 70.8 Å². The summed E-state index contributed by atoms with van der Waals surface area (Å²) >= 11 is 0. The fourth-order valence-corrected chi connectivity index (χ4v) is 13.2. The molecule has 0 saturated heterocycles. The van der Waals surface area contributed by atoms with Crippen molar-refractivity contribution in [2.45, 2.75) is 47.3 Å². The van der Waals surface area contributed by atoms with Crippen LogP contribution in [0.4, 0.5) is 22.7 Å². The van der Waals surface area contributed by atoms with E-state index in [0.29, 0.717) is 0 Å². The molecular formula is C84H90N8O12S4. The Hall–Kier alpha value is -10.2. The molecule has 0 amide bonds. The van der Waals surface area contributed by atoms with Crippen LogP contribution in [0.1, 0.15) is 56.2 Å². The van der Waals surface area contributed by atoms with Crippen LogP contribution in [0.5, 0.6) is 0 Å². The summed E-state index contributed by atoms with van der Waals surface area (Å²) in [5, 5.41) is 0. The van der Waals surface area contributed by atoms with Crippen LogP contribution < -0.4 is 17.9 Å². The van der Waals surface area contributed by atoms with Gasteiger partial charge in [0.05, 0.1) is 127 Å². The summed E-state index contributed by atoms with van der Waals surface area (Å²) in [6, 6.07) is 72.1. The average molecular weight is 1530 g/mol. The van der Waals surface area contributed by atoms with E-state index in [0.717, 1.165) is 130 Å². The van der Waals surface area contributed by atoms with Gasteiger partial charge in [-0.3, -0.25) is 17.9 Å². The molecule has 8 aromatic carbocycles. The lowest BCUT2D eigenvalue weighted by molar-refractivity contribution is 0.461. The Labute approximate surface area is 635 Å². The van der Waals surface area contributed by atoms with Gasteiger partial charge in [0.1, 0.15) is 63.2 Å². The van der Waals surface area contributed by atoms with Crippen LogP contribution in [0.2, 0.25) is 0 Å². The summed E-state index contributed by atoms with van der Waals surface area (Å²) in [7, 11) is 9.27. The third-order valence-electron chi connectivity index (χ3n) is 17.6. The molecule has 8 bridgehead atoms. The van der Waals surface area contributed by atoms with Crippen molar-refractivity contribution in [3.05, 3.63) is 287 Å². The number of nitrogens with zero attached hydrogens (tertiary/aromatic N) is 6. The maximum Gasteiger partial charge on any atom is 0.132 e. The number of aromatic amines is 2. The molecule has 562 valence electrons. The quantitative estimate of drug-likeness (QED) is 0.0850. The number of aromatic nitrogens is 4. The van der Waals surface area contributed by atoms with Crippen LogP contribution in [0, 0.1) is 27.7 Å². The van der Waals surface area contributed by atoms with Crippen molar-refractivity contribution in [3.8, 4) is 22.3 Å². The molecule has 5 heterocycles. The van der Waals surface area contributed by atoms with Gasteiger partial charge in [0.25, 0.3) is 0 Å². The minimum absolute atomic E-state index is 0.178. The number of rotatable bonds is 12. The Morgan fingerprint density at radius 2 is 0.509 bits per heavy atom. The lowest BCUT2D eigenvalue weighted by Gasteiger charge is -2.23. The van der Waals surface area contributed by atoms with Gasteiger partial charge >= 0.3 is 0 Å². The van der Waals surface area contributed by atoms with E-state index < -0.39 is 40.5 Å². The Bertz CT molecular complexity index is 5510. The Kier molecular flexibility index (Phi) is 24.5. The van der Waals surface area contributed by atoms with Crippen molar-refractivity contribution in [1.29, 1.82) is 0 Å². The molecule has 0 atom stereocenters. The first-order valence-electron chi connectivity index (χ1n) is 34.2. The van der Waals surface area contributed by atoms with Crippen molar-refractivity contribution in [1.82, 2.24) is 37.9 Å². The third-order valence-corrected chi connectivity index (χ3v) is 21.0. The first-order chi connectivity index (χ1) is 50.1. The molecule has 108 heavy (non-hydrogen) atoms. The number of quaternary nitrogens is 4. The van der Waals surface area contributed by atoms with Gasteiger partial charge in [-0.25, -0.2) is 43.6 Å². The van der Waals surface area contributed by atoms with Crippen LogP contribution in [-0.4, -0.2) is 156 Å². The SMILES string of the molecule is C[N+](C)(C)c1ccc(C2=Cc3cc4[nH]c(cc4-c4ccc([N+](C)(C)C)cc4)cc4[nH]c(cc5nc(cc2n3)C=C5c2ccc([N+](C)(C)C)cc2)cc4-c2ccc([N+](C)(C)C)cc2)cc1.Cc1ccc(S(=O)(=O)[O-])cc1.Cc1ccc(S(=O)(=O)[O-])cc1.Cc1ccc(S(=O)(=O)[O-])cc1.Cc1ccc(S(=O)(=O)[O-])cc1. The number of fused-ring (bicyclic) bond motifs is 8. The van der Waals surface area contributed by atoms with Crippen LogP contribution in [-0.2, 0) is 40.5 Å². The second kappa shape index (κ2) is 32.3. The molecule has 2 N–H and O–H groups in total. The minimum atomic E-state index is -4.27. The fourth-order valence-electron chi connectivity index (χ4n) is 11.3. The lowest BCUT2D eigenvalue weighted by atomic mass is 10.0. The summed E-state index contributed by atoms with van der Waals surface area (Å²) in [5.41, 5.74) is 25.0. The van der Waals surface area contributed by atoms with Crippen molar-refractivity contribution >= 4 is 109 Å². The second-order valence-corrected chi connectivity index (χ2v) is 35.5. The fraction of sp³-hybridized carbons (Fsp3) is 0.190. The first kappa shape index (κ1) is 81.9. The van der Waals surface area contributed by atoms with E-state index in [2.05, 4.69) is 240 Å². The highest BCUT2D eigenvalue weighted by Gasteiger charge is 2.22. The van der Waals surface area contributed by atoms with Gasteiger partial charge in [0.15, 0.2) is 0 Å². The van der Waals surface area contributed by atoms with E-state index >= 15 is 0 Å². The standard InChI is InChI=1S/C56H62N8.4C7H8O3S/c1-61(2,3)45-21-13-37(14-22-45)49-29-41-34-54-51(39-17-25-47(26-18-39)63(7,8)9)31-43(59-54)36-56-52(40-19-27-48(28-20-40)64(10,11)12)32-44(60-56)35-55-50(30-42(58-55)33-53(49)57-41)38-15-23-46(24-16-38)62(4,5)6;4*1-6-2-4-7(5-3-6)11(8,9)10/h13-36,57-58H,1-12H3;4*2-5H,1H3,(H,8,9,10)/q+4;;;;/p-4. The Balaban J connectivity index is 0.000000242. The van der Waals surface area contributed by atoms with Crippen LogP contribution >= 0.6 is 0 Å². The second-order valence-electron chi connectivity index (χ2n) is 29.9. The predicted octanol–water partition coefficient (Wildman–Crippen LogP) is 15.2. The smallest absolute Gasteiger partial charge is 0.132 e. The Morgan fingerprint density at radius 1 is 0.278 bits per heavy atom. The van der Waals surface area contributed by atoms with Gasteiger partial charge in [-0.15, -0.1) is 0 Å². The first-order valence-corrected chi connectivity index (χ1v) is 39.8. The molecule has 0 unspecified atom stereocenters. The number of nitrogens with one attached hydrogen (secondary N) is 2. The highest BCUT2D eigenvalue weighted by Crippen LogP contribution is 2.38. The van der Waals surface area contributed by atoms with Crippen LogP contribution in [0.25, 0.3) is 67.6 Å². The molecule has 20 nitrogen and oxygen atoms in total. The normalized spacial score (nSPS) is 12.7. The molecule has 0 radical (unpaired) electrons. The largest absolute Gasteiger partial charge is 0.744 e. The summed E-state index contributed by atoms with van der Waals surface area (Å²) < 4.78 is 128. The van der Waals surface area contributed by atoms with Gasteiger partial charge in [-0.05, 0) is 244 Å². The number of benzene rings is 8. The molecular weight excluding hydrogens is 1440 g/mol. The van der Waals surface area contributed by atoms with E-state index in [9.17, 15) is 51.9 Å². The van der Waals surface area contributed by atoms with Crippen molar-refractivity contribution in [2.24, 2.45) is 0 Å². The maximum atomic E-state index is 10.4. The molecule has 0 saturated carbocycles. The van der Waals surface area contributed by atoms with Crippen molar-refractivity contribution < 1.29 is 51.9 Å². The van der Waals surface area contributed by atoms with E-state index in [1.807, 2.05) is 27.7 Å². The molecule has 2 aliphatic heterocycles. The molecule has 0 fully saturated rings. The zero-order chi connectivity index (χ0) is 79.3. The molecule has 11 aromatic rings. The molecule has 24 heteroatoms. The van der Waals surface area contributed by atoms with E-state index in [4.69, 9.17) is 9.97 Å². The monoisotopic (exact) mass is 1530 g/mol. The molecule has 3 aromatic heterocycles. The van der Waals surface area contributed by atoms with E-state index in [1.165, 1.54) is 71.3 Å². The number of aryl methyl sites for hydroxylation is 4. The highest BCUT2D eigenvalue weighted by molar-refractivity contribution is 7.86.